The van der Waals surface area contributed by atoms with Gasteiger partial charge in [-0.15, -0.1) is 0 Å². The number of carbonyl (C=O) groups is 1. The number of sulfonamides is 1. The van der Waals surface area contributed by atoms with Crippen molar-refractivity contribution in [2.75, 3.05) is 24.1 Å². The molecule has 2 aromatic rings. The molecule has 3 N–H and O–H groups in total. The van der Waals surface area contributed by atoms with Crippen LogP contribution in [0.5, 0.6) is 0 Å². The summed E-state index contributed by atoms with van der Waals surface area (Å²) in [5.41, 5.74) is 7.21. The molecule has 1 aliphatic rings. The van der Waals surface area contributed by atoms with E-state index in [2.05, 4.69) is 5.32 Å². The second-order valence-corrected chi connectivity index (χ2v) is 7.65. The topological polar surface area (TPSA) is 92.5 Å². The average Bonchev–Trinajstić information content (AvgIpc) is 3.10. The minimum absolute atomic E-state index is 0.213. The standard InChI is InChI=1S/C17H19N3O3S/c18-14-4-3-5-15(12-14)19-17(21)13-6-8-16(9-7-13)24(22,23)20-10-1-2-11-20/h3-9,12H,1-2,10-11,18H2,(H,19,21). The Bertz CT molecular complexity index is 842. The van der Waals surface area contributed by atoms with E-state index < -0.39 is 10.0 Å². The van der Waals surface area contributed by atoms with Crippen LogP contribution in [0.2, 0.25) is 0 Å². The molecule has 3 rings (SSSR count). The monoisotopic (exact) mass is 345 g/mol. The van der Waals surface area contributed by atoms with Gasteiger partial charge in [-0.3, -0.25) is 4.79 Å². The predicted molar refractivity (Wildman–Crippen MR) is 93.2 cm³/mol. The molecule has 126 valence electrons. The van der Waals surface area contributed by atoms with Crippen LogP contribution in [0.3, 0.4) is 0 Å². The first-order valence-corrected chi connectivity index (χ1v) is 9.18. The zero-order chi connectivity index (χ0) is 17.2. The molecule has 1 fully saturated rings. The Morgan fingerprint density at radius 2 is 1.71 bits per heavy atom. The summed E-state index contributed by atoms with van der Waals surface area (Å²) in [6, 6.07) is 12.9. The molecule has 0 radical (unpaired) electrons. The zero-order valence-electron chi connectivity index (χ0n) is 13.1. The Morgan fingerprint density at radius 3 is 2.33 bits per heavy atom. The van der Waals surface area contributed by atoms with E-state index >= 15 is 0 Å². The molecule has 1 saturated heterocycles. The summed E-state index contributed by atoms with van der Waals surface area (Å²) in [6.07, 6.45) is 1.78. The number of nitrogens with two attached hydrogens (primary N) is 1. The third kappa shape index (κ3) is 3.42. The van der Waals surface area contributed by atoms with E-state index in [0.717, 1.165) is 12.8 Å². The molecule has 7 heteroatoms. The zero-order valence-corrected chi connectivity index (χ0v) is 13.9. The summed E-state index contributed by atoms with van der Waals surface area (Å²) in [5.74, 6) is -0.314. The van der Waals surface area contributed by atoms with E-state index in [4.69, 9.17) is 5.73 Å². The third-order valence-corrected chi connectivity index (χ3v) is 5.88. The van der Waals surface area contributed by atoms with Crippen molar-refractivity contribution in [3.05, 3.63) is 54.1 Å². The van der Waals surface area contributed by atoms with Crippen LogP contribution in [0.4, 0.5) is 11.4 Å². The summed E-state index contributed by atoms with van der Waals surface area (Å²) in [6.45, 7) is 1.11. The largest absolute Gasteiger partial charge is 0.399 e. The molecule has 0 aliphatic carbocycles. The fraction of sp³-hybridized carbons (Fsp3) is 0.235. The fourth-order valence-electron chi connectivity index (χ4n) is 2.68. The van der Waals surface area contributed by atoms with Crippen LogP contribution in [0, 0.1) is 0 Å². The minimum atomic E-state index is -3.46. The Hall–Kier alpha value is -2.38. The number of rotatable bonds is 4. The molecule has 0 spiro atoms. The Balaban J connectivity index is 1.75. The first-order chi connectivity index (χ1) is 11.5. The second kappa shape index (κ2) is 6.62. The van der Waals surface area contributed by atoms with Crippen LogP contribution in [-0.2, 0) is 10.0 Å². The quantitative estimate of drug-likeness (QED) is 0.832. The molecule has 0 unspecified atom stereocenters. The van der Waals surface area contributed by atoms with Crippen molar-refractivity contribution in [2.24, 2.45) is 0 Å². The van der Waals surface area contributed by atoms with Crippen molar-refractivity contribution >= 4 is 27.3 Å². The van der Waals surface area contributed by atoms with Crippen LogP contribution in [0.15, 0.2) is 53.4 Å². The molecule has 0 bridgehead atoms. The van der Waals surface area contributed by atoms with Crippen molar-refractivity contribution in [1.82, 2.24) is 4.31 Å². The van der Waals surface area contributed by atoms with Gasteiger partial charge in [-0.1, -0.05) is 6.07 Å². The number of nitrogens with zero attached hydrogens (tertiary/aromatic N) is 1. The molecule has 24 heavy (non-hydrogen) atoms. The Morgan fingerprint density at radius 1 is 1.04 bits per heavy atom. The number of carbonyl (C=O) groups excluding carboxylic acids is 1. The molecule has 0 saturated carbocycles. The van der Waals surface area contributed by atoms with E-state index in [9.17, 15) is 13.2 Å². The number of amides is 1. The highest BCUT2D eigenvalue weighted by atomic mass is 32.2. The lowest BCUT2D eigenvalue weighted by Crippen LogP contribution is -2.27. The highest BCUT2D eigenvalue weighted by Crippen LogP contribution is 2.21. The van der Waals surface area contributed by atoms with Gasteiger partial charge in [0, 0.05) is 30.0 Å². The van der Waals surface area contributed by atoms with Gasteiger partial charge in [0.05, 0.1) is 4.90 Å². The molecule has 1 amide bonds. The summed E-state index contributed by atoms with van der Waals surface area (Å²) in [4.78, 5) is 12.4. The Kier molecular flexibility index (Phi) is 4.55. The van der Waals surface area contributed by atoms with Gasteiger partial charge >= 0.3 is 0 Å². The molecule has 2 aromatic carbocycles. The van der Waals surface area contributed by atoms with Gasteiger partial charge in [0.15, 0.2) is 0 Å². The van der Waals surface area contributed by atoms with Gasteiger partial charge < -0.3 is 11.1 Å². The van der Waals surface area contributed by atoms with Crippen LogP contribution in [0.1, 0.15) is 23.2 Å². The lowest BCUT2D eigenvalue weighted by molar-refractivity contribution is 0.102. The second-order valence-electron chi connectivity index (χ2n) is 5.72. The van der Waals surface area contributed by atoms with Gasteiger partial charge in [-0.05, 0) is 55.3 Å². The van der Waals surface area contributed by atoms with Crippen molar-refractivity contribution < 1.29 is 13.2 Å². The minimum Gasteiger partial charge on any atom is -0.399 e. The lowest BCUT2D eigenvalue weighted by atomic mass is 10.2. The molecule has 0 aromatic heterocycles. The molecule has 1 heterocycles. The number of nitrogen functional groups attached to an aromatic ring is 1. The predicted octanol–water partition coefficient (Wildman–Crippen LogP) is 2.31. The van der Waals surface area contributed by atoms with E-state index in [-0.39, 0.29) is 10.8 Å². The number of benzene rings is 2. The van der Waals surface area contributed by atoms with Gasteiger partial charge in [0.1, 0.15) is 0 Å². The lowest BCUT2D eigenvalue weighted by Gasteiger charge is -2.15. The van der Waals surface area contributed by atoms with Crippen LogP contribution in [-0.4, -0.2) is 31.7 Å². The Labute approximate surface area is 141 Å². The fourth-order valence-corrected chi connectivity index (χ4v) is 4.19. The van der Waals surface area contributed by atoms with E-state index in [0.29, 0.717) is 30.0 Å². The number of nitrogens with one attached hydrogen (secondary N) is 1. The number of hydrogen-bond acceptors (Lipinski definition) is 4. The highest BCUT2D eigenvalue weighted by Gasteiger charge is 2.27. The van der Waals surface area contributed by atoms with Crippen LogP contribution >= 0.6 is 0 Å². The van der Waals surface area contributed by atoms with Gasteiger partial charge in [-0.25, -0.2) is 8.42 Å². The summed E-state index contributed by atoms with van der Waals surface area (Å²) >= 11 is 0. The smallest absolute Gasteiger partial charge is 0.255 e. The average molecular weight is 345 g/mol. The summed E-state index contributed by atoms with van der Waals surface area (Å²) < 4.78 is 26.4. The normalized spacial score (nSPS) is 15.3. The third-order valence-electron chi connectivity index (χ3n) is 3.96. The number of anilines is 2. The van der Waals surface area contributed by atoms with E-state index in [1.54, 1.807) is 24.3 Å². The van der Waals surface area contributed by atoms with Crippen LogP contribution < -0.4 is 11.1 Å². The first-order valence-electron chi connectivity index (χ1n) is 7.74. The van der Waals surface area contributed by atoms with Gasteiger partial charge in [0.25, 0.3) is 5.91 Å². The van der Waals surface area contributed by atoms with Gasteiger partial charge in [-0.2, -0.15) is 4.31 Å². The van der Waals surface area contributed by atoms with Crippen molar-refractivity contribution in [3.63, 3.8) is 0 Å². The first kappa shape index (κ1) is 16.5. The van der Waals surface area contributed by atoms with Crippen molar-refractivity contribution in [3.8, 4) is 0 Å². The van der Waals surface area contributed by atoms with Crippen LogP contribution in [0.25, 0.3) is 0 Å². The van der Waals surface area contributed by atoms with Crippen molar-refractivity contribution in [2.45, 2.75) is 17.7 Å². The molecular weight excluding hydrogens is 326 g/mol. The maximum Gasteiger partial charge on any atom is 0.255 e. The van der Waals surface area contributed by atoms with E-state index in [1.165, 1.54) is 28.6 Å². The molecule has 6 nitrogen and oxygen atoms in total. The highest BCUT2D eigenvalue weighted by molar-refractivity contribution is 7.89. The SMILES string of the molecule is Nc1cccc(NC(=O)c2ccc(S(=O)(=O)N3CCCC3)cc2)c1. The van der Waals surface area contributed by atoms with Crippen molar-refractivity contribution in [1.29, 1.82) is 0 Å². The van der Waals surface area contributed by atoms with Gasteiger partial charge in [0.2, 0.25) is 10.0 Å². The summed E-state index contributed by atoms with van der Waals surface area (Å²) in [5, 5.41) is 2.73. The maximum atomic E-state index is 12.5. The summed E-state index contributed by atoms with van der Waals surface area (Å²) in [7, 11) is -3.46. The molecule has 0 atom stereocenters. The van der Waals surface area contributed by atoms with E-state index in [1.807, 2.05) is 0 Å². The molecule has 1 aliphatic heterocycles. The molecular formula is C17H19N3O3S. The maximum absolute atomic E-state index is 12.5. The number of hydrogen-bond donors (Lipinski definition) is 2.